The van der Waals surface area contributed by atoms with Crippen molar-refractivity contribution in [3.8, 4) is 5.75 Å². The standard InChI is InChI=1S/C22H26FN3O2S/c1-4-5-15-28-17-11-9-16(10-12-17)21(27)26(14-13-25(2)3)22-24-20-18(23)7-6-8-19(20)29-22/h6-12H,4-5,13-15H2,1-3H3. The first-order chi connectivity index (χ1) is 14.0. The second-order valence-electron chi connectivity index (χ2n) is 7.07. The van der Waals surface area contributed by atoms with Gasteiger partial charge in [0.2, 0.25) is 0 Å². The summed E-state index contributed by atoms with van der Waals surface area (Å²) in [6.45, 7) is 3.90. The van der Waals surface area contributed by atoms with Gasteiger partial charge in [-0.1, -0.05) is 30.7 Å². The third-order valence-corrected chi connectivity index (χ3v) is 5.52. The number of nitrogens with zero attached hydrogens (tertiary/aromatic N) is 3. The highest BCUT2D eigenvalue weighted by molar-refractivity contribution is 7.22. The molecule has 7 heteroatoms. The Morgan fingerprint density at radius 2 is 1.90 bits per heavy atom. The fraction of sp³-hybridized carbons (Fsp3) is 0.364. The van der Waals surface area contributed by atoms with Gasteiger partial charge in [-0.25, -0.2) is 9.37 Å². The Balaban J connectivity index is 1.85. The number of thiazole rings is 1. The molecule has 0 bridgehead atoms. The minimum atomic E-state index is -0.376. The fourth-order valence-electron chi connectivity index (χ4n) is 2.79. The van der Waals surface area contributed by atoms with Gasteiger partial charge < -0.3 is 9.64 Å². The molecule has 0 unspecified atom stereocenters. The molecule has 5 nitrogen and oxygen atoms in total. The number of aromatic nitrogens is 1. The van der Waals surface area contributed by atoms with Crippen molar-refractivity contribution in [3.05, 3.63) is 53.8 Å². The number of rotatable bonds is 9. The van der Waals surface area contributed by atoms with Crippen LogP contribution in [0.2, 0.25) is 0 Å². The maximum absolute atomic E-state index is 14.1. The molecule has 0 saturated heterocycles. The maximum atomic E-state index is 14.1. The van der Waals surface area contributed by atoms with Gasteiger partial charge in [0.1, 0.15) is 17.1 Å². The lowest BCUT2D eigenvalue weighted by molar-refractivity contribution is 0.0985. The van der Waals surface area contributed by atoms with E-state index < -0.39 is 0 Å². The average Bonchev–Trinajstić information content (AvgIpc) is 3.14. The minimum absolute atomic E-state index is 0.161. The summed E-state index contributed by atoms with van der Waals surface area (Å²) in [7, 11) is 3.90. The van der Waals surface area contributed by atoms with E-state index in [1.54, 1.807) is 23.1 Å². The van der Waals surface area contributed by atoms with Crippen molar-refractivity contribution in [2.24, 2.45) is 0 Å². The van der Waals surface area contributed by atoms with Gasteiger partial charge in [0.15, 0.2) is 5.13 Å². The van der Waals surface area contributed by atoms with Crippen molar-refractivity contribution in [1.29, 1.82) is 0 Å². The third-order valence-electron chi connectivity index (χ3n) is 4.47. The Hall–Kier alpha value is -2.51. The monoisotopic (exact) mass is 415 g/mol. The van der Waals surface area contributed by atoms with Crippen LogP contribution in [0.3, 0.4) is 0 Å². The quantitative estimate of drug-likeness (QED) is 0.470. The van der Waals surface area contributed by atoms with Crippen molar-refractivity contribution in [1.82, 2.24) is 9.88 Å². The van der Waals surface area contributed by atoms with E-state index in [1.807, 2.05) is 37.2 Å². The van der Waals surface area contributed by atoms with E-state index in [2.05, 4.69) is 11.9 Å². The van der Waals surface area contributed by atoms with Gasteiger partial charge in [0, 0.05) is 18.7 Å². The lowest BCUT2D eigenvalue weighted by Gasteiger charge is -2.22. The van der Waals surface area contributed by atoms with Crippen LogP contribution in [0.5, 0.6) is 5.75 Å². The molecule has 0 aliphatic heterocycles. The smallest absolute Gasteiger partial charge is 0.260 e. The van der Waals surface area contributed by atoms with Gasteiger partial charge in [-0.3, -0.25) is 9.69 Å². The second kappa shape index (κ2) is 9.80. The number of ether oxygens (including phenoxy) is 1. The van der Waals surface area contributed by atoms with Crippen molar-refractivity contribution < 1.29 is 13.9 Å². The fourth-order valence-corrected chi connectivity index (χ4v) is 3.79. The van der Waals surface area contributed by atoms with Crippen LogP contribution in [-0.4, -0.2) is 49.6 Å². The first-order valence-electron chi connectivity index (χ1n) is 9.74. The zero-order valence-corrected chi connectivity index (χ0v) is 17.8. The number of fused-ring (bicyclic) bond motifs is 1. The van der Waals surface area contributed by atoms with E-state index in [4.69, 9.17) is 4.74 Å². The molecule has 1 heterocycles. The molecule has 0 saturated carbocycles. The Kier molecular flexibility index (Phi) is 7.17. The van der Waals surface area contributed by atoms with Crippen LogP contribution in [-0.2, 0) is 0 Å². The van der Waals surface area contributed by atoms with Crippen molar-refractivity contribution in [3.63, 3.8) is 0 Å². The summed E-state index contributed by atoms with van der Waals surface area (Å²) in [5, 5.41) is 0.500. The summed E-state index contributed by atoms with van der Waals surface area (Å²) >= 11 is 1.32. The van der Waals surface area contributed by atoms with Crippen molar-refractivity contribution in [2.45, 2.75) is 19.8 Å². The Bertz CT molecular complexity index is 956. The number of halogens is 1. The van der Waals surface area contributed by atoms with E-state index >= 15 is 0 Å². The molecule has 3 aromatic rings. The average molecular weight is 416 g/mol. The molecule has 0 radical (unpaired) electrons. The van der Waals surface area contributed by atoms with Gasteiger partial charge >= 0.3 is 0 Å². The van der Waals surface area contributed by atoms with Gasteiger partial charge in [0.05, 0.1) is 11.3 Å². The number of hydrogen-bond donors (Lipinski definition) is 0. The number of anilines is 1. The zero-order chi connectivity index (χ0) is 20.8. The molecule has 0 N–H and O–H groups in total. The van der Waals surface area contributed by atoms with Gasteiger partial charge in [-0.15, -0.1) is 0 Å². The summed E-state index contributed by atoms with van der Waals surface area (Å²) in [5.74, 6) is 0.210. The van der Waals surface area contributed by atoms with E-state index in [1.165, 1.54) is 17.4 Å². The van der Waals surface area contributed by atoms with E-state index in [9.17, 15) is 9.18 Å². The van der Waals surface area contributed by atoms with E-state index in [-0.39, 0.29) is 11.7 Å². The second-order valence-corrected chi connectivity index (χ2v) is 8.08. The van der Waals surface area contributed by atoms with Crippen LogP contribution in [0, 0.1) is 5.82 Å². The number of benzene rings is 2. The first-order valence-corrected chi connectivity index (χ1v) is 10.6. The topological polar surface area (TPSA) is 45.7 Å². The molecule has 1 aromatic heterocycles. The van der Waals surface area contributed by atoms with Crippen LogP contribution in [0.4, 0.5) is 9.52 Å². The Labute approximate surface area is 174 Å². The minimum Gasteiger partial charge on any atom is -0.494 e. The molecule has 3 rings (SSSR count). The Morgan fingerprint density at radius 1 is 1.14 bits per heavy atom. The number of amides is 1. The molecule has 0 aliphatic carbocycles. The summed E-state index contributed by atoms with van der Waals surface area (Å²) in [5.41, 5.74) is 0.848. The van der Waals surface area contributed by atoms with Crippen molar-refractivity contribution in [2.75, 3.05) is 38.7 Å². The molecule has 2 aromatic carbocycles. The summed E-state index contributed by atoms with van der Waals surface area (Å²) in [4.78, 5) is 21.3. The predicted molar refractivity (Wildman–Crippen MR) is 117 cm³/mol. The lowest BCUT2D eigenvalue weighted by Crippen LogP contribution is -2.36. The molecule has 29 heavy (non-hydrogen) atoms. The van der Waals surface area contributed by atoms with Crippen molar-refractivity contribution >= 4 is 32.6 Å². The molecule has 0 aliphatic rings. The number of hydrogen-bond acceptors (Lipinski definition) is 5. The highest BCUT2D eigenvalue weighted by Crippen LogP contribution is 2.31. The molecule has 0 spiro atoms. The van der Waals surface area contributed by atoms with Crippen LogP contribution in [0.25, 0.3) is 10.2 Å². The number of carbonyl (C=O) groups excluding carboxylic acids is 1. The van der Waals surface area contributed by atoms with Gasteiger partial charge in [-0.2, -0.15) is 0 Å². The maximum Gasteiger partial charge on any atom is 0.260 e. The summed E-state index contributed by atoms with van der Waals surface area (Å²) in [6, 6.07) is 12.0. The van der Waals surface area contributed by atoms with Gasteiger partial charge in [0.25, 0.3) is 5.91 Å². The Morgan fingerprint density at radius 3 is 2.55 bits per heavy atom. The van der Waals surface area contributed by atoms with E-state index in [0.717, 1.165) is 23.3 Å². The van der Waals surface area contributed by atoms with Crippen LogP contribution in [0.1, 0.15) is 30.1 Å². The van der Waals surface area contributed by atoms with Crippen LogP contribution in [0.15, 0.2) is 42.5 Å². The third kappa shape index (κ3) is 5.31. The molecule has 0 atom stereocenters. The van der Waals surface area contributed by atoms with Crippen LogP contribution < -0.4 is 9.64 Å². The number of likely N-dealkylation sites (N-methyl/N-ethyl adjacent to an activating group) is 1. The number of carbonyl (C=O) groups is 1. The summed E-state index contributed by atoms with van der Waals surface area (Å²) in [6.07, 6.45) is 2.06. The highest BCUT2D eigenvalue weighted by atomic mass is 32.1. The molecule has 1 amide bonds. The largest absolute Gasteiger partial charge is 0.494 e. The van der Waals surface area contributed by atoms with Crippen LogP contribution >= 0.6 is 11.3 Å². The predicted octanol–water partition coefficient (Wildman–Crippen LogP) is 4.82. The molecule has 0 fully saturated rings. The number of para-hydroxylation sites is 1. The van der Waals surface area contributed by atoms with E-state index in [0.29, 0.717) is 35.9 Å². The van der Waals surface area contributed by atoms with Gasteiger partial charge in [-0.05, 0) is 56.9 Å². The lowest BCUT2D eigenvalue weighted by atomic mass is 10.2. The summed E-state index contributed by atoms with van der Waals surface area (Å²) < 4.78 is 20.5. The number of unbranched alkanes of at least 4 members (excludes halogenated alkanes) is 1. The molecule has 154 valence electrons. The zero-order valence-electron chi connectivity index (χ0n) is 17.0. The SMILES string of the molecule is CCCCOc1ccc(C(=O)N(CCN(C)C)c2nc3c(F)cccc3s2)cc1. The normalized spacial score (nSPS) is 11.2. The highest BCUT2D eigenvalue weighted by Gasteiger charge is 2.22. The molecular formula is C22H26FN3O2S. The molecular weight excluding hydrogens is 389 g/mol. The first kappa shape index (κ1) is 21.2.